The molecule has 19 heavy (non-hydrogen) atoms. The van der Waals surface area contributed by atoms with Crippen molar-refractivity contribution in [2.45, 2.75) is 6.92 Å². The van der Waals surface area contributed by atoms with Crippen LogP contribution >= 0.6 is 11.3 Å². The standard InChI is InChI=1S/C12H19N3O3S/c1-9-10(11(16)17-2)14-12(19-9)13-3-4-15-5-7-18-8-6-15/h3-8H2,1-2H3,(H,13,14). The van der Waals surface area contributed by atoms with E-state index >= 15 is 0 Å². The highest BCUT2D eigenvalue weighted by atomic mass is 32.1. The van der Waals surface area contributed by atoms with E-state index in [9.17, 15) is 4.79 Å². The molecule has 1 aromatic heterocycles. The number of hydrogen-bond donors (Lipinski definition) is 1. The van der Waals surface area contributed by atoms with Gasteiger partial charge in [0.15, 0.2) is 10.8 Å². The minimum atomic E-state index is -0.380. The maximum Gasteiger partial charge on any atom is 0.357 e. The van der Waals surface area contributed by atoms with Gasteiger partial charge in [-0.05, 0) is 6.92 Å². The van der Waals surface area contributed by atoms with Crippen LogP contribution in [0.4, 0.5) is 5.13 Å². The zero-order chi connectivity index (χ0) is 13.7. The Balaban J connectivity index is 1.81. The number of hydrogen-bond acceptors (Lipinski definition) is 7. The smallest absolute Gasteiger partial charge is 0.357 e. The lowest BCUT2D eigenvalue weighted by Gasteiger charge is -2.26. The molecule has 0 radical (unpaired) electrons. The Morgan fingerprint density at radius 1 is 1.53 bits per heavy atom. The molecule has 1 aliphatic rings. The van der Waals surface area contributed by atoms with Gasteiger partial charge in [-0.1, -0.05) is 0 Å². The number of ether oxygens (including phenoxy) is 2. The molecule has 0 saturated carbocycles. The topological polar surface area (TPSA) is 63.7 Å². The fourth-order valence-electron chi connectivity index (χ4n) is 1.90. The molecule has 6 nitrogen and oxygen atoms in total. The molecule has 0 atom stereocenters. The zero-order valence-corrected chi connectivity index (χ0v) is 12.1. The number of aryl methyl sites for hydroxylation is 1. The van der Waals surface area contributed by atoms with E-state index in [0.29, 0.717) is 5.69 Å². The number of anilines is 1. The van der Waals surface area contributed by atoms with Crippen LogP contribution in [-0.2, 0) is 9.47 Å². The molecule has 1 fully saturated rings. The largest absolute Gasteiger partial charge is 0.464 e. The van der Waals surface area contributed by atoms with Crippen molar-refractivity contribution in [3.05, 3.63) is 10.6 Å². The van der Waals surface area contributed by atoms with E-state index in [1.807, 2.05) is 6.92 Å². The Hall–Kier alpha value is -1.18. The molecule has 0 bridgehead atoms. The molecule has 106 valence electrons. The first kappa shape index (κ1) is 14.2. The third-order valence-corrected chi connectivity index (χ3v) is 3.91. The number of thiazole rings is 1. The highest BCUT2D eigenvalue weighted by Crippen LogP contribution is 2.22. The normalized spacial score (nSPS) is 16.3. The molecule has 0 amide bonds. The van der Waals surface area contributed by atoms with E-state index in [2.05, 4.69) is 19.9 Å². The molecule has 2 heterocycles. The number of methoxy groups -OCH3 is 1. The van der Waals surface area contributed by atoms with Crippen LogP contribution in [0.15, 0.2) is 0 Å². The summed E-state index contributed by atoms with van der Waals surface area (Å²) in [4.78, 5) is 18.9. The van der Waals surface area contributed by atoms with Gasteiger partial charge >= 0.3 is 5.97 Å². The van der Waals surface area contributed by atoms with Crippen LogP contribution in [0.25, 0.3) is 0 Å². The molecule has 0 unspecified atom stereocenters. The minimum Gasteiger partial charge on any atom is -0.464 e. The zero-order valence-electron chi connectivity index (χ0n) is 11.3. The number of carbonyl (C=O) groups is 1. The number of carbonyl (C=O) groups excluding carboxylic acids is 1. The number of rotatable bonds is 5. The molecule has 1 saturated heterocycles. The molecular formula is C12H19N3O3S. The van der Waals surface area contributed by atoms with E-state index in [0.717, 1.165) is 49.4 Å². The summed E-state index contributed by atoms with van der Waals surface area (Å²) >= 11 is 1.48. The molecule has 7 heteroatoms. The molecule has 1 aliphatic heterocycles. The monoisotopic (exact) mass is 285 g/mol. The summed E-state index contributed by atoms with van der Waals surface area (Å²) in [5, 5.41) is 4.02. The van der Waals surface area contributed by atoms with Gasteiger partial charge in [-0.3, -0.25) is 4.90 Å². The second-order valence-corrected chi connectivity index (χ2v) is 5.50. The molecule has 0 aromatic carbocycles. The average molecular weight is 285 g/mol. The van der Waals surface area contributed by atoms with Crippen molar-refractivity contribution >= 4 is 22.4 Å². The molecule has 0 aliphatic carbocycles. The third kappa shape index (κ3) is 3.89. The maximum atomic E-state index is 11.4. The van der Waals surface area contributed by atoms with Gasteiger partial charge in [-0.25, -0.2) is 9.78 Å². The fourth-order valence-corrected chi connectivity index (χ4v) is 2.73. The Morgan fingerprint density at radius 3 is 2.95 bits per heavy atom. The van der Waals surface area contributed by atoms with Crippen molar-refractivity contribution in [2.75, 3.05) is 51.8 Å². The fraction of sp³-hybridized carbons (Fsp3) is 0.667. The SMILES string of the molecule is COC(=O)c1nc(NCCN2CCOCC2)sc1C. The first-order chi connectivity index (χ1) is 9.20. The van der Waals surface area contributed by atoms with E-state index in [1.54, 1.807) is 0 Å². The Bertz CT molecular complexity index is 430. The van der Waals surface area contributed by atoms with E-state index in [-0.39, 0.29) is 5.97 Å². The summed E-state index contributed by atoms with van der Waals surface area (Å²) in [5.74, 6) is -0.380. The average Bonchev–Trinajstić information content (AvgIpc) is 2.80. The summed E-state index contributed by atoms with van der Waals surface area (Å²) in [6.45, 7) is 7.21. The van der Waals surface area contributed by atoms with Gasteiger partial charge < -0.3 is 14.8 Å². The van der Waals surface area contributed by atoms with E-state index < -0.39 is 0 Å². The van der Waals surface area contributed by atoms with Crippen molar-refractivity contribution in [1.29, 1.82) is 0 Å². The highest BCUT2D eigenvalue weighted by molar-refractivity contribution is 7.15. The van der Waals surface area contributed by atoms with Gasteiger partial charge in [0.2, 0.25) is 0 Å². The molecule has 1 aromatic rings. The van der Waals surface area contributed by atoms with Crippen molar-refractivity contribution in [1.82, 2.24) is 9.88 Å². The van der Waals surface area contributed by atoms with Gasteiger partial charge in [0.1, 0.15) is 0 Å². The highest BCUT2D eigenvalue weighted by Gasteiger charge is 2.16. The summed E-state index contributed by atoms with van der Waals surface area (Å²) in [7, 11) is 1.37. The second kappa shape index (κ2) is 6.83. The number of nitrogens with one attached hydrogen (secondary N) is 1. The van der Waals surface area contributed by atoms with E-state index in [1.165, 1.54) is 18.4 Å². The predicted octanol–water partition coefficient (Wildman–Crippen LogP) is 0.982. The lowest BCUT2D eigenvalue weighted by Crippen LogP contribution is -2.39. The second-order valence-electron chi connectivity index (χ2n) is 4.30. The quantitative estimate of drug-likeness (QED) is 0.814. The Morgan fingerprint density at radius 2 is 2.26 bits per heavy atom. The van der Waals surface area contributed by atoms with Gasteiger partial charge in [0.25, 0.3) is 0 Å². The van der Waals surface area contributed by atoms with Gasteiger partial charge in [-0.15, -0.1) is 11.3 Å². The van der Waals surface area contributed by atoms with Crippen LogP contribution < -0.4 is 5.32 Å². The van der Waals surface area contributed by atoms with Crippen molar-refractivity contribution in [3.8, 4) is 0 Å². The molecule has 0 spiro atoms. The van der Waals surface area contributed by atoms with Gasteiger partial charge in [0.05, 0.1) is 20.3 Å². The number of morpholine rings is 1. The van der Waals surface area contributed by atoms with Crippen LogP contribution in [0.1, 0.15) is 15.4 Å². The van der Waals surface area contributed by atoms with Crippen molar-refractivity contribution in [3.63, 3.8) is 0 Å². The molecule has 2 rings (SSSR count). The van der Waals surface area contributed by atoms with Crippen LogP contribution in [0, 0.1) is 6.92 Å². The lowest BCUT2D eigenvalue weighted by molar-refractivity contribution is 0.0398. The summed E-state index contributed by atoms with van der Waals surface area (Å²) in [6, 6.07) is 0. The first-order valence-corrected chi connectivity index (χ1v) is 7.12. The third-order valence-electron chi connectivity index (χ3n) is 2.98. The Kier molecular flexibility index (Phi) is 5.12. The predicted molar refractivity (Wildman–Crippen MR) is 73.9 cm³/mol. The van der Waals surface area contributed by atoms with Crippen LogP contribution in [0.3, 0.4) is 0 Å². The van der Waals surface area contributed by atoms with Crippen molar-refractivity contribution in [2.24, 2.45) is 0 Å². The van der Waals surface area contributed by atoms with Gasteiger partial charge in [-0.2, -0.15) is 0 Å². The lowest BCUT2D eigenvalue weighted by atomic mass is 10.4. The Labute approximate surface area is 116 Å². The number of aromatic nitrogens is 1. The maximum absolute atomic E-state index is 11.4. The minimum absolute atomic E-state index is 0.380. The summed E-state index contributed by atoms with van der Waals surface area (Å²) in [6.07, 6.45) is 0. The molecule has 1 N–H and O–H groups in total. The van der Waals surface area contributed by atoms with E-state index in [4.69, 9.17) is 4.74 Å². The summed E-state index contributed by atoms with van der Waals surface area (Å²) in [5.41, 5.74) is 0.404. The van der Waals surface area contributed by atoms with Crippen LogP contribution in [0.2, 0.25) is 0 Å². The van der Waals surface area contributed by atoms with Crippen LogP contribution in [-0.4, -0.2) is 62.4 Å². The first-order valence-electron chi connectivity index (χ1n) is 6.30. The number of nitrogens with zero attached hydrogens (tertiary/aromatic N) is 2. The van der Waals surface area contributed by atoms with Crippen molar-refractivity contribution < 1.29 is 14.3 Å². The van der Waals surface area contributed by atoms with Gasteiger partial charge in [0, 0.05) is 31.1 Å². The molecular weight excluding hydrogens is 266 g/mol. The number of esters is 1. The van der Waals surface area contributed by atoms with Crippen LogP contribution in [0.5, 0.6) is 0 Å². The summed E-state index contributed by atoms with van der Waals surface area (Å²) < 4.78 is 9.98.